The van der Waals surface area contributed by atoms with Crippen LogP contribution in [0.5, 0.6) is 0 Å². The molecule has 2 aromatic rings. The second-order valence-electron chi connectivity index (χ2n) is 6.78. The summed E-state index contributed by atoms with van der Waals surface area (Å²) >= 11 is 0. The number of halogens is 2. The maximum absolute atomic E-state index is 13.8. The van der Waals surface area contributed by atoms with Crippen molar-refractivity contribution in [1.29, 1.82) is 0 Å². The van der Waals surface area contributed by atoms with Gasteiger partial charge in [-0.25, -0.2) is 13.6 Å². The third-order valence-corrected chi connectivity index (χ3v) is 4.90. The molecule has 0 atom stereocenters. The van der Waals surface area contributed by atoms with E-state index < -0.39 is 23.0 Å². The molecule has 5 heteroatoms. The summed E-state index contributed by atoms with van der Waals surface area (Å²) in [5, 5.41) is 0. The molecule has 0 bridgehead atoms. The average molecular weight is 384 g/mol. The minimum Gasteiger partial charge on any atom is -0.463 e. The highest BCUT2D eigenvalue weighted by atomic mass is 19.1. The van der Waals surface area contributed by atoms with Crippen LogP contribution in [0.4, 0.5) is 8.78 Å². The number of hydrogen-bond donors (Lipinski definition) is 0. The monoisotopic (exact) mass is 384 g/mol. The molecule has 0 N–H and O–H groups in total. The largest absolute Gasteiger partial charge is 0.463 e. The molecule has 0 aromatic heterocycles. The molecule has 0 heterocycles. The van der Waals surface area contributed by atoms with Crippen LogP contribution in [0, 0.1) is 11.6 Å². The molecule has 0 saturated heterocycles. The normalized spacial score (nSPS) is 14.1. The van der Waals surface area contributed by atoms with Gasteiger partial charge in [-0.05, 0) is 61.4 Å². The van der Waals surface area contributed by atoms with Gasteiger partial charge >= 0.3 is 5.97 Å². The molecule has 0 amide bonds. The van der Waals surface area contributed by atoms with Gasteiger partial charge in [0.25, 0.3) is 0 Å². The predicted molar refractivity (Wildman–Crippen MR) is 103 cm³/mol. The number of carbonyl (C=O) groups is 2. The van der Waals surface area contributed by atoms with Crippen LogP contribution in [-0.4, -0.2) is 18.4 Å². The number of carbonyl (C=O) groups excluding carboxylic acids is 2. The van der Waals surface area contributed by atoms with E-state index in [1.165, 1.54) is 6.07 Å². The predicted octanol–water partition coefficient (Wildman–Crippen LogP) is 5.28. The number of hydrogen-bond acceptors (Lipinski definition) is 3. The number of ketones is 1. The molecular weight excluding hydrogens is 362 g/mol. The van der Waals surface area contributed by atoms with Crippen LogP contribution in [0.1, 0.15) is 54.1 Å². The lowest BCUT2D eigenvalue weighted by atomic mass is 9.87. The van der Waals surface area contributed by atoms with E-state index in [1.807, 2.05) is 12.1 Å². The second-order valence-corrected chi connectivity index (χ2v) is 6.78. The molecule has 0 fully saturated rings. The van der Waals surface area contributed by atoms with Gasteiger partial charge in [0.15, 0.2) is 5.78 Å². The van der Waals surface area contributed by atoms with Crippen LogP contribution in [0.3, 0.4) is 0 Å². The van der Waals surface area contributed by atoms with Crippen molar-refractivity contribution in [2.75, 3.05) is 6.61 Å². The topological polar surface area (TPSA) is 43.4 Å². The van der Waals surface area contributed by atoms with E-state index in [-0.39, 0.29) is 12.4 Å². The van der Waals surface area contributed by atoms with Crippen molar-refractivity contribution in [2.45, 2.75) is 39.0 Å². The van der Waals surface area contributed by atoms with Gasteiger partial charge in [-0.2, -0.15) is 0 Å². The quantitative estimate of drug-likeness (QED) is 0.503. The molecule has 146 valence electrons. The van der Waals surface area contributed by atoms with Crippen molar-refractivity contribution in [3.63, 3.8) is 0 Å². The summed E-state index contributed by atoms with van der Waals surface area (Å²) in [7, 11) is 0. The van der Waals surface area contributed by atoms with E-state index in [9.17, 15) is 18.4 Å². The van der Waals surface area contributed by atoms with E-state index in [4.69, 9.17) is 4.74 Å². The minimum absolute atomic E-state index is 0.0953. The van der Waals surface area contributed by atoms with E-state index in [0.29, 0.717) is 24.2 Å². The Labute approximate surface area is 163 Å². The summed E-state index contributed by atoms with van der Waals surface area (Å²) < 4.78 is 32.7. The molecule has 1 aliphatic carbocycles. The molecule has 28 heavy (non-hydrogen) atoms. The van der Waals surface area contributed by atoms with Gasteiger partial charge in [-0.1, -0.05) is 30.3 Å². The van der Waals surface area contributed by atoms with Gasteiger partial charge in [-0.15, -0.1) is 0 Å². The zero-order valence-corrected chi connectivity index (χ0v) is 15.8. The van der Waals surface area contributed by atoms with E-state index in [1.54, 1.807) is 19.1 Å². The number of Topliss-reactive ketones (excluding diaryl/α,β-unsaturated/α-hetero) is 1. The zero-order chi connectivity index (χ0) is 20.1. The van der Waals surface area contributed by atoms with Gasteiger partial charge in [0, 0.05) is 12.0 Å². The van der Waals surface area contributed by atoms with Gasteiger partial charge < -0.3 is 4.74 Å². The minimum atomic E-state index is -0.854. The Morgan fingerprint density at radius 1 is 0.964 bits per heavy atom. The number of allylic oxidation sites excluding steroid dienone is 1. The zero-order valence-electron chi connectivity index (χ0n) is 15.8. The lowest BCUT2D eigenvalue weighted by Crippen LogP contribution is -2.13. The van der Waals surface area contributed by atoms with Crippen molar-refractivity contribution >= 4 is 17.3 Å². The third-order valence-electron chi connectivity index (χ3n) is 4.90. The number of esters is 1. The van der Waals surface area contributed by atoms with Crippen LogP contribution in [0.15, 0.2) is 48.0 Å². The first-order chi connectivity index (χ1) is 13.5. The van der Waals surface area contributed by atoms with Gasteiger partial charge in [0.2, 0.25) is 0 Å². The lowest BCUT2D eigenvalue weighted by Gasteiger charge is -2.19. The molecule has 3 rings (SSSR count). The molecule has 1 aliphatic rings. The fourth-order valence-electron chi connectivity index (χ4n) is 3.53. The van der Waals surface area contributed by atoms with Crippen LogP contribution in [0.2, 0.25) is 0 Å². The van der Waals surface area contributed by atoms with Crippen molar-refractivity contribution in [3.8, 4) is 0 Å². The van der Waals surface area contributed by atoms with Crippen molar-refractivity contribution in [2.24, 2.45) is 0 Å². The Morgan fingerprint density at radius 3 is 2.25 bits per heavy atom. The highest BCUT2D eigenvalue weighted by Crippen LogP contribution is 2.33. The van der Waals surface area contributed by atoms with Crippen LogP contribution in [0.25, 0.3) is 5.57 Å². The lowest BCUT2D eigenvalue weighted by molar-refractivity contribution is -0.138. The first-order valence-corrected chi connectivity index (χ1v) is 9.47. The molecule has 0 unspecified atom stereocenters. The maximum atomic E-state index is 13.8. The summed E-state index contributed by atoms with van der Waals surface area (Å²) in [5.41, 5.74) is 2.75. The first kappa shape index (κ1) is 19.9. The van der Waals surface area contributed by atoms with Gasteiger partial charge in [0.05, 0.1) is 12.2 Å². The molecule has 0 saturated carbocycles. The van der Waals surface area contributed by atoms with E-state index in [0.717, 1.165) is 42.5 Å². The first-order valence-electron chi connectivity index (χ1n) is 9.47. The Balaban J connectivity index is 1.81. The summed E-state index contributed by atoms with van der Waals surface area (Å²) in [6.45, 7) is 2.12. The Hall–Kier alpha value is -2.82. The fraction of sp³-hybridized carbons (Fsp3) is 0.304. The maximum Gasteiger partial charge on any atom is 0.334 e. The molecule has 0 radical (unpaired) electrons. The smallest absolute Gasteiger partial charge is 0.334 e. The molecule has 0 aliphatic heterocycles. The van der Waals surface area contributed by atoms with Crippen LogP contribution >= 0.6 is 0 Å². The van der Waals surface area contributed by atoms with Crippen LogP contribution in [-0.2, 0) is 16.0 Å². The van der Waals surface area contributed by atoms with Crippen molar-refractivity contribution < 1.29 is 23.1 Å². The SMILES string of the molecule is CCOC(=O)C1=C(c2ccc(CC(=O)c3c(F)cccc3F)cc2)CCCC1. The Morgan fingerprint density at radius 2 is 1.61 bits per heavy atom. The highest BCUT2D eigenvalue weighted by Gasteiger charge is 2.22. The standard InChI is InChI=1S/C23H22F2O3/c1-2-28-23(27)18-7-4-3-6-17(18)16-12-10-15(11-13-16)14-21(26)22-19(24)8-5-9-20(22)25/h5,8-13H,2-4,6-7,14H2,1H3. The molecule has 2 aromatic carbocycles. The molecule has 0 spiro atoms. The van der Waals surface area contributed by atoms with Gasteiger partial charge in [-0.3, -0.25) is 4.79 Å². The Bertz CT molecular complexity index is 894. The Kier molecular flexibility index (Phi) is 6.34. The number of benzene rings is 2. The summed E-state index contributed by atoms with van der Waals surface area (Å²) in [6.07, 6.45) is 3.36. The fourth-order valence-corrected chi connectivity index (χ4v) is 3.53. The highest BCUT2D eigenvalue weighted by molar-refractivity contribution is 5.99. The third kappa shape index (κ3) is 4.35. The number of ether oxygens (including phenoxy) is 1. The second kappa shape index (κ2) is 8.91. The molecule has 3 nitrogen and oxygen atoms in total. The molecular formula is C23H22F2O3. The summed E-state index contributed by atoms with van der Waals surface area (Å²) in [4.78, 5) is 24.5. The average Bonchev–Trinajstić information content (AvgIpc) is 2.68. The summed E-state index contributed by atoms with van der Waals surface area (Å²) in [6, 6.07) is 10.6. The summed E-state index contributed by atoms with van der Waals surface area (Å²) in [5.74, 6) is -2.58. The van der Waals surface area contributed by atoms with E-state index in [2.05, 4.69) is 0 Å². The van der Waals surface area contributed by atoms with E-state index >= 15 is 0 Å². The van der Waals surface area contributed by atoms with Crippen molar-refractivity contribution in [1.82, 2.24) is 0 Å². The van der Waals surface area contributed by atoms with Gasteiger partial charge in [0.1, 0.15) is 11.6 Å². The van der Waals surface area contributed by atoms with Crippen LogP contribution < -0.4 is 0 Å². The van der Waals surface area contributed by atoms with Crippen molar-refractivity contribution in [3.05, 3.63) is 76.4 Å². The number of rotatable bonds is 6.